The zero-order valence-electron chi connectivity index (χ0n) is 20.2. The molecule has 0 aliphatic heterocycles. The molecule has 0 bridgehead atoms. The minimum Gasteiger partial charge on any atom is -0.497 e. The number of aromatic nitrogens is 1. The minimum atomic E-state index is -1.01. The van der Waals surface area contributed by atoms with Gasteiger partial charge in [-0.15, -0.1) is 0 Å². The summed E-state index contributed by atoms with van der Waals surface area (Å²) in [6, 6.07) is 11.6. The van der Waals surface area contributed by atoms with E-state index in [0.29, 0.717) is 22.7 Å². The maximum absolute atomic E-state index is 14.1. The van der Waals surface area contributed by atoms with Crippen LogP contribution in [0.25, 0.3) is 0 Å². The summed E-state index contributed by atoms with van der Waals surface area (Å²) in [6.45, 7) is 1.96. The number of benzene rings is 2. The largest absolute Gasteiger partial charge is 0.497 e. The molecule has 2 aromatic carbocycles. The Labute approximate surface area is 224 Å². The summed E-state index contributed by atoms with van der Waals surface area (Å²) in [5, 5.41) is 3.20. The molecule has 1 fully saturated rings. The van der Waals surface area contributed by atoms with Crippen LogP contribution in [-0.2, 0) is 4.79 Å². The molecule has 1 aromatic heterocycles. The fraction of sp³-hybridized carbons (Fsp3) is 0.346. The highest BCUT2D eigenvalue weighted by atomic mass is 35.5. The van der Waals surface area contributed by atoms with Crippen LogP contribution in [0.15, 0.2) is 42.5 Å². The Morgan fingerprint density at radius 3 is 2.19 bits per heavy atom. The van der Waals surface area contributed by atoms with E-state index in [1.165, 1.54) is 19.1 Å². The van der Waals surface area contributed by atoms with Gasteiger partial charge in [0.15, 0.2) is 5.69 Å². The number of nitrogens with zero attached hydrogens (tertiary/aromatic N) is 2. The molecule has 0 saturated heterocycles. The van der Waals surface area contributed by atoms with Crippen LogP contribution in [0.2, 0.25) is 9.36 Å². The van der Waals surface area contributed by atoms with Gasteiger partial charge in [-0.05, 0) is 36.9 Å². The van der Waals surface area contributed by atoms with Gasteiger partial charge in [0.1, 0.15) is 26.9 Å². The van der Waals surface area contributed by atoms with Gasteiger partial charge >= 0.3 is 0 Å². The van der Waals surface area contributed by atoms with Gasteiger partial charge in [0.05, 0.1) is 19.9 Å². The first-order valence-electron chi connectivity index (χ1n) is 11.6. The summed E-state index contributed by atoms with van der Waals surface area (Å²) in [4.78, 5) is 29.3. The first-order valence-corrected chi connectivity index (χ1v) is 13.1. The van der Waals surface area contributed by atoms with Gasteiger partial charge in [0, 0.05) is 24.2 Å². The lowest BCUT2D eigenvalue weighted by atomic mass is 10.0. The number of nitrogens with one attached hydrogen (secondary N) is 1. The first-order chi connectivity index (χ1) is 17.3. The monoisotopic (exact) mass is 547 g/mol. The van der Waals surface area contributed by atoms with Gasteiger partial charge in [-0.25, -0.2) is 0 Å². The van der Waals surface area contributed by atoms with Crippen LogP contribution in [0.5, 0.6) is 11.5 Å². The highest BCUT2D eigenvalue weighted by molar-refractivity contribution is 7.11. The number of carbonyl (C=O) groups is 2. The number of carbonyl (C=O) groups excluding carboxylic acids is 2. The van der Waals surface area contributed by atoms with Crippen LogP contribution < -0.4 is 19.7 Å². The van der Waals surface area contributed by atoms with Crippen LogP contribution >= 0.6 is 34.7 Å². The summed E-state index contributed by atoms with van der Waals surface area (Å²) in [6.07, 6.45) is 3.92. The lowest BCUT2D eigenvalue weighted by molar-refractivity contribution is -0.123. The van der Waals surface area contributed by atoms with E-state index < -0.39 is 11.9 Å². The molecule has 7 nitrogen and oxygen atoms in total. The summed E-state index contributed by atoms with van der Waals surface area (Å²) in [5.41, 5.74) is 2.04. The maximum Gasteiger partial charge on any atom is 0.280 e. The highest BCUT2D eigenvalue weighted by Gasteiger charge is 2.37. The van der Waals surface area contributed by atoms with Crippen molar-refractivity contribution >= 4 is 52.2 Å². The van der Waals surface area contributed by atoms with E-state index in [4.69, 9.17) is 32.7 Å². The number of hydrogen-bond donors (Lipinski definition) is 1. The van der Waals surface area contributed by atoms with Crippen molar-refractivity contribution in [3.05, 3.63) is 68.6 Å². The van der Waals surface area contributed by atoms with Crippen molar-refractivity contribution in [3.63, 3.8) is 0 Å². The molecule has 3 aromatic rings. The number of ether oxygens (including phenoxy) is 2. The summed E-state index contributed by atoms with van der Waals surface area (Å²) < 4.78 is 15.3. The number of methoxy groups -OCH3 is 2. The standard InChI is InChI=1S/C26H27Cl2N3O4S/c1-15-8-10-16(11-9-15)23(25(32)29-17-6-4-5-7-17)31(26(33)22-21(27)24(28)36-30-22)18-12-19(34-2)14-20(13-18)35-3/h8-14,17,23H,4-7H2,1-3H3,(H,29,32)/t23-/m1/s1. The Morgan fingerprint density at radius 1 is 1.06 bits per heavy atom. The number of amides is 2. The van der Waals surface area contributed by atoms with Crippen molar-refractivity contribution in [1.82, 2.24) is 9.69 Å². The SMILES string of the molecule is COc1cc(OC)cc(N(C(=O)c2nsc(Cl)c2Cl)[C@@H](C(=O)NC2CCCC2)c2ccc(C)cc2)c1. The van der Waals surface area contributed by atoms with Gasteiger partial charge in [-0.2, -0.15) is 4.37 Å². The van der Waals surface area contributed by atoms with Gasteiger partial charge in [-0.1, -0.05) is 65.9 Å². The molecule has 1 aliphatic carbocycles. The Hall–Kier alpha value is -2.81. The molecule has 1 atom stereocenters. The number of anilines is 1. The number of aryl methyl sites for hydroxylation is 1. The average molecular weight is 548 g/mol. The van der Waals surface area contributed by atoms with E-state index >= 15 is 0 Å². The lowest BCUT2D eigenvalue weighted by Crippen LogP contribution is -2.46. The predicted molar refractivity (Wildman–Crippen MR) is 143 cm³/mol. The molecule has 1 N–H and O–H groups in total. The van der Waals surface area contributed by atoms with E-state index in [1.54, 1.807) is 18.2 Å². The van der Waals surface area contributed by atoms with Crippen molar-refractivity contribution in [3.8, 4) is 11.5 Å². The van der Waals surface area contributed by atoms with Gasteiger partial charge in [0.25, 0.3) is 5.91 Å². The highest BCUT2D eigenvalue weighted by Crippen LogP contribution is 2.38. The molecule has 0 radical (unpaired) electrons. The van der Waals surface area contributed by atoms with Crippen LogP contribution in [0.4, 0.5) is 5.69 Å². The molecule has 190 valence electrons. The summed E-state index contributed by atoms with van der Waals surface area (Å²) in [7, 11) is 3.04. The Bertz CT molecular complexity index is 1220. The minimum absolute atomic E-state index is 0.0285. The second kappa shape index (κ2) is 11.5. The van der Waals surface area contributed by atoms with Gasteiger partial charge in [-0.3, -0.25) is 14.5 Å². The van der Waals surface area contributed by atoms with Crippen LogP contribution in [0, 0.1) is 6.92 Å². The molecule has 1 heterocycles. The molecular formula is C26H27Cl2N3O4S. The number of rotatable bonds is 8. The normalized spacial score (nSPS) is 14.4. The van der Waals surface area contributed by atoms with Crippen molar-refractivity contribution in [2.75, 3.05) is 19.1 Å². The average Bonchev–Trinajstić information content (AvgIpc) is 3.51. The van der Waals surface area contributed by atoms with Crippen LogP contribution in [0.3, 0.4) is 0 Å². The van der Waals surface area contributed by atoms with E-state index in [-0.39, 0.29) is 27.0 Å². The van der Waals surface area contributed by atoms with E-state index in [2.05, 4.69) is 9.69 Å². The lowest BCUT2D eigenvalue weighted by Gasteiger charge is -2.32. The molecule has 0 unspecified atom stereocenters. The zero-order chi connectivity index (χ0) is 25.8. The fourth-order valence-corrected chi connectivity index (χ4v) is 5.33. The second-order valence-corrected chi connectivity index (χ2v) is 10.4. The second-order valence-electron chi connectivity index (χ2n) is 8.67. The molecule has 4 rings (SSSR count). The topological polar surface area (TPSA) is 80.8 Å². The molecule has 10 heteroatoms. The van der Waals surface area contributed by atoms with Gasteiger partial charge in [0.2, 0.25) is 5.91 Å². The smallest absolute Gasteiger partial charge is 0.280 e. The quantitative estimate of drug-likeness (QED) is 0.362. The Morgan fingerprint density at radius 2 is 1.67 bits per heavy atom. The molecule has 0 spiro atoms. The molecule has 1 saturated carbocycles. The summed E-state index contributed by atoms with van der Waals surface area (Å²) in [5.74, 6) is 0.0655. The van der Waals surface area contributed by atoms with Crippen molar-refractivity contribution in [2.24, 2.45) is 0 Å². The van der Waals surface area contributed by atoms with E-state index in [0.717, 1.165) is 42.8 Å². The third-order valence-electron chi connectivity index (χ3n) is 6.23. The first kappa shape index (κ1) is 26.3. The van der Waals surface area contributed by atoms with E-state index in [9.17, 15) is 9.59 Å². The van der Waals surface area contributed by atoms with E-state index in [1.807, 2.05) is 31.2 Å². The zero-order valence-corrected chi connectivity index (χ0v) is 22.5. The number of halogens is 2. The van der Waals surface area contributed by atoms with Crippen molar-refractivity contribution in [2.45, 2.75) is 44.7 Å². The predicted octanol–water partition coefficient (Wildman–Crippen LogP) is 6.22. The van der Waals surface area contributed by atoms with Gasteiger partial charge < -0.3 is 14.8 Å². The fourth-order valence-electron chi connectivity index (χ4n) is 4.34. The van der Waals surface area contributed by atoms with Crippen LogP contribution in [0.1, 0.15) is 53.3 Å². The number of hydrogen-bond acceptors (Lipinski definition) is 6. The summed E-state index contributed by atoms with van der Waals surface area (Å²) >= 11 is 13.4. The van der Waals surface area contributed by atoms with Crippen molar-refractivity contribution < 1.29 is 19.1 Å². The molecule has 1 aliphatic rings. The molecule has 2 amide bonds. The molecule has 36 heavy (non-hydrogen) atoms. The van der Waals surface area contributed by atoms with Crippen LogP contribution in [-0.4, -0.2) is 36.4 Å². The Balaban J connectivity index is 1.89. The van der Waals surface area contributed by atoms with Crippen molar-refractivity contribution in [1.29, 1.82) is 0 Å². The molecular weight excluding hydrogens is 521 g/mol. The third-order valence-corrected chi connectivity index (χ3v) is 7.85. The Kier molecular flexibility index (Phi) is 8.39. The maximum atomic E-state index is 14.1. The third kappa shape index (κ3) is 5.61.